The van der Waals surface area contributed by atoms with Gasteiger partial charge in [-0.3, -0.25) is 4.79 Å². The molecule has 2 N–H and O–H groups in total. The molecule has 3 aromatic carbocycles. The predicted octanol–water partition coefficient (Wildman–Crippen LogP) is 3.17. The highest BCUT2D eigenvalue weighted by Gasteiger charge is 2.14. The van der Waals surface area contributed by atoms with Crippen LogP contribution in [0.2, 0.25) is 0 Å². The minimum Gasteiger partial charge on any atom is -0.484 e. The van der Waals surface area contributed by atoms with E-state index in [1.54, 1.807) is 0 Å². The van der Waals surface area contributed by atoms with Crippen LogP contribution in [0.1, 0.15) is 16.7 Å². The first-order valence-corrected chi connectivity index (χ1v) is 11.0. The minimum absolute atomic E-state index is 0.134. The third-order valence-electron chi connectivity index (χ3n) is 4.42. The minimum atomic E-state index is -3.63. The zero-order valence-electron chi connectivity index (χ0n) is 16.7. The summed E-state index contributed by atoms with van der Waals surface area (Å²) < 4.78 is 32.8. The van der Waals surface area contributed by atoms with Crippen molar-refractivity contribution in [2.75, 3.05) is 6.61 Å². The zero-order chi connectivity index (χ0) is 21.4. The first-order valence-electron chi connectivity index (χ1n) is 9.51. The molecule has 0 aliphatic carbocycles. The molecular weight excluding hydrogens is 400 g/mol. The van der Waals surface area contributed by atoms with Crippen molar-refractivity contribution in [3.63, 3.8) is 0 Å². The number of ether oxygens (including phenoxy) is 1. The molecule has 0 aliphatic heterocycles. The van der Waals surface area contributed by atoms with Crippen molar-refractivity contribution >= 4 is 15.9 Å². The Morgan fingerprint density at radius 1 is 0.833 bits per heavy atom. The molecule has 0 heterocycles. The summed E-state index contributed by atoms with van der Waals surface area (Å²) in [5, 5.41) is 2.79. The first kappa shape index (κ1) is 21.5. The lowest BCUT2D eigenvalue weighted by Gasteiger charge is -2.10. The molecule has 3 rings (SSSR count). The second-order valence-corrected chi connectivity index (χ2v) is 8.60. The van der Waals surface area contributed by atoms with Crippen molar-refractivity contribution < 1.29 is 17.9 Å². The molecule has 3 aromatic rings. The molecule has 0 spiro atoms. The summed E-state index contributed by atoms with van der Waals surface area (Å²) in [5.41, 5.74) is 3.04. The Labute approximate surface area is 177 Å². The van der Waals surface area contributed by atoms with E-state index in [1.807, 2.05) is 61.5 Å². The summed E-state index contributed by atoms with van der Waals surface area (Å²) in [5.74, 6) is 0.166. The van der Waals surface area contributed by atoms with Gasteiger partial charge in [0.15, 0.2) is 6.61 Å². The molecule has 0 saturated carbocycles. The van der Waals surface area contributed by atoms with Crippen LogP contribution >= 0.6 is 0 Å². The maximum absolute atomic E-state index is 12.4. The van der Waals surface area contributed by atoms with Gasteiger partial charge in [0.25, 0.3) is 5.91 Å². The average Bonchev–Trinajstić information content (AvgIpc) is 2.77. The van der Waals surface area contributed by atoms with Crippen molar-refractivity contribution in [1.29, 1.82) is 0 Å². The zero-order valence-corrected chi connectivity index (χ0v) is 17.5. The van der Waals surface area contributed by atoms with Crippen LogP contribution in [0.3, 0.4) is 0 Å². The van der Waals surface area contributed by atoms with Crippen LogP contribution in [0.5, 0.6) is 5.75 Å². The summed E-state index contributed by atoms with van der Waals surface area (Å²) in [6, 6.07) is 23.1. The molecule has 6 nitrogen and oxygen atoms in total. The first-order chi connectivity index (χ1) is 14.4. The number of rotatable bonds is 9. The number of amides is 1. The lowest BCUT2D eigenvalue weighted by molar-refractivity contribution is -0.123. The molecule has 0 fully saturated rings. The van der Waals surface area contributed by atoms with Gasteiger partial charge < -0.3 is 10.1 Å². The van der Waals surface area contributed by atoms with Crippen molar-refractivity contribution in [1.82, 2.24) is 10.0 Å². The number of benzene rings is 3. The van der Waals surface area contributed by atoms with E-state index >= 15 is 0 Å². The molecule has 0 aliphatic rings. The Bertz CT molecular complexity index is 1060. The van der Waals surface area contributed by atoms with Gasteiger partial charge in [-0.1, -0.05) is 60.2 Å². The second kappa shape index (κ2) is 10.0. The van der Waals surface area contributed by atoms with E-state index in [1.165, 1.54) is 24.3 Å². The number of nitrogens with one attached hydrogen (secondary N) is 2. The summed E-state index contributed by atoms with van der Waals surface area (Å²) in [6.07, 6.45) is 0. The van der Waals surface area contributed by atoms with Crippen molar-refractivity contribution in [3.05, 3.63) is 95.6 Å². The number of hydrogen-bond acceptors (Lipinski definition) is 4. The van der Waals surface area contributed by atoms with Gasteiger partial charge in [-0.05, 0) is 42.3 Å². The fourth-order valence-corrected chi connectivity index (χ4v) is 3.70. The average molecular weight is 425 g/mol. The fourth-order valence-electron chi connectivity index (χ4n) is 2.68. The Kier molecular flexibility index (Phi) is 7.21. The van der Waals surface area contributed by atoms with Crippen molar-refractivity contribution in [3.8, 4) is 5.75 Å². The second-order valence-electron chi connectivity index (χ2n) is 6.83. The van der Waals surface area contributed by atoms with E-state index in [2.05, 4.69) is 10.0 Å². The van der Waals surface area contributed by atoms with Gasteiger partial charge in [-0.2, -0.15) is 0 Å². The van der Waals surface area contributed by atoms with Gasteiger partial charge in [0.1, 0.15) is 5.75 Å². The van der Waals surface area contributed by atoms with E-state index in [0.29, 0.717) is 12.3 Å². The normalized spacial score (nSPS) is 11.1. The summed E-state index contributed by atoms with van der Waals surface area (Å²) in [6.45, 7) is 2.49. The van der Waals surface area contributed by atoms with Gasteiger partial charge >= 0.3 is 0 Å². The molecule has 30 heavy (non-hydrogen) atoms. The number of carbonyl (C=O) groups is 1. The van der Waals surface area contributed by atoms with Crippen molar-refractivity contribution in [2.24, 2.45) is 0 Å². The molecule has 0 atom stereocenters. The van der Waals surface area contributed by atoms with Crippen LogP contribution in [-0.4, -0.2) is 20.9 Å². The number of aryl methyl sites for hydroxylation is 1. The predicted molar refractivity (Wildman–Crippen MR) is 115 cm³/mol. The fraction of sp³-hybridized carbons (Fsp3) is 0.174. The Hall–Kier alpha value is -3.16. The van der Waals surface area contributed by atoms with Crippen LogP contribution in [0.4, 0.5) is 0 Å². The number of carbonyl (C=O) groups excluding carboxylic acids is 1. The van der Waals surface area contributed by atoms with Crippen LogP contribution < -0.4 is 14.8 Å². The summed E-state index contributed by atoms with van der Waals surface area (Å²) >= 11 is 0. The SMILES string of the molecule is Cc1ccc(CNC(=O)COc2ccc(S(=O)(=O)NCc3ccccc3)cc2)cc1. The van der Waals surface area contributed by atoms with Crippen molar-refractivity contribution in [2.45, 2.75) is 24.9 Å². The van der Waals surface area contributed by atoms with Gasteiger partial charge in [0.05, 0.1) is 4.90 Å². The molecule has 0 saturated heterocycles. The highest BCUT2D eigenvalue weighted by molar-refractivity contribution is 7.89. The lowest BCUT2D eigenvalue weighted by Crippen LogP contribution is -2.28. The lowest BCUT2D eigenvalue weighted by atomic mass is 10.1. The quantitative estimate of drug-likeness (QED) is 0.553. The number of hydrogen-bond donors (Lipinski definition) is 2. The molecular formula is C23H24N2O4S. The third kappa shape index (κ3) is 6.43. The smallest absolute Gasteiger partial charge is 0.258 e. The monoisotopic (exact) mass is 424 g/mol. The van der Waals surface area contributed by atoms with Crippen LogP contribution in [0.25, 0.3) is 0 Å². The highest BCUT2D eigenvalue weighted by atomic mass is 32.2. The largest absolute Gasteiger partial charge is 0.484 e. The topological polar surface area (TPSA) is 84.5 Å². The Morgan fingerprint density at radius 3 is 2.13 bits per heavy atom. The summed E-state index contributed by atoms with van der Waals surface area (Å²) in [7, 11) is -3.63. The molecule has 0 unspecified atom stereocenters. The van der Waals surface area contributed by atoms with Gasteiger partial charge in [0.2, 0.25) is 10.0 Å². The molecule has 0 bridgehead atoms. The third-order valence-corrected chi connectivity index (χ3v) is 5.84. The van der Waals surface area contributed by atoms with E-state index in [0.717, 1.165) is 16.7 Å². The van der Waals surface area contributed by atoms with Gasteiger partial charge in [0, 0.05) is 13.1 Å². The maximum atomic E-state index is 12.4. The molecule has 0 aromatic heterocycles. The highest BCUT2D eigenvalue weighted by Crippen LogP contribution is 2.16. The Morgan fingerprint density at radius 2 is 1.47 bits per heavy atom. The molecule has 0 radical (unpaired) electrons. The molecule has 7 heteroatoms. The van der Waals surface area contributed by atoms with Crippen LogP contribution in [-0.2, 0) is 27.9 Å². The molecule has 156 valence electrons. The van der Waals surface area contributed by atoms with E-state index in [4.69, 9.17) is 4.74 Å². The van der Waals surface area contributed by atoms with E-state index < -0.39 is 10.0 Å². The van der Waals surface area contributed by atoms with E-state index in [-0.39, 0.29) is 24.0 Å². The number of sulfonamides is 1. The molecule has 1 amide bonds. The van der Waals surface area contributed by atoms with Crippen LogP contribution in [0, 0.1) is 6.92 Å². The van der Waals surface area contributed by atoms with Crippen LogP contribution in [0.15, 0.2) is 83.8 Å². The van der Waals surface area contributed by atoms with E-state index in [9.17, 15) is 13.2 Å². The summed E-state index contributed by atoms with van der Waals surface area (Å²) in [4.78, 5) is 12.1. The standard InChI is InChI=1S/C23H24N2O4S/c1-18-7-9-20(10-8-18)15-24-23(26)17-29-21-11-13-22(14-12-21)30(27,28)25-16-19-5-3-2-4-6-19/h2-14,25H,15-17H2,1H3,(H,24,26). The Balaban J connectivity index is 1.47. The van der Waals surface area contributed by atoms with Gasteiger partial charge in [-0.25, -0.2) is 13.1 Å². The maximum Gasteiger partial charge on any atom is 0.258 e. The van der Waals surface area contributed by atoms with Gasteiger partial charge in [-0.15, -0.1) is 0 Å².